The van der Waals surface area contributed by atoms with Gasteiger partial charge in [0.2, 0.25) is 0 Å². The standard InChI is InChI=1S/C22H34N2S/c1-18(2)19-8-10-20(11-9-19)23-14-12-22(13-15-23)24(16-17-25-22)21-6-4-3-5-7-21/h3-7,18-20H,8-17H2,1-2H3. The van der Waals surface area contributed by atoms with Crippen LogP contribution in [0.15, 0.2) is 30.3 Å². The highest BCUT2D eigenvalue weighted by molar-refractivity contribution is 8.01. The molecule has 0 N–H and O–H groups in total. The monoisotopic (exact) mass is 358 g/mol. The molecule has 2 heterocycles. The van der Waals surface area contributed by atoms with Crippen LogP contribution < -0.4 is 4.90 Å². The molecule has 25 heavy (non-hydrogen) atoms. The summed E-state index contributed by atoms with van der Waals surface area (Å²) in [7, 11) is 0. The van der Waals surface area contributed by atoms with Crippen molar-refractivity contribution in [2.75, 3.05) is 30.3 Å². The van der Waals surface area contributed by atoms with Gasteiger partial charge < -0.3 is 9.80 Å². The maximum absolute atomic E-state index is 2.84. The average Bonchev–Trinajstić information content (AvgIpc) is 3.06. The van der Waals surface area contributed by atoms with Crippen molar-refractivity contribution in [3.63, 3.8) is 0 Å². The fourth-order valence-electron chi connectivity index (χ4n) is 5.37. The molecule has 0 bridgehead atoms. The summed E-state index contributed by atoms with van der Waals surface area (Å²) in [5.41, 5.74) is 1.43. The topological polar surface area (TPSA) is 6.48 Å². The third kappa shape index (κ3) is 3.60. The van der Waals surface area contributed by atoms with Gasteiger partial charge in [-0.15, -0.1) is 11.8 Å². The lowest BCUT2D eigenvalue weighted by atomic mass is 9.79. The molecule has 4 rings (SSSR count). The van der Waals surface area contributed by atoms with Crippen molar-refractivity contribution in [1.29, 1.82) is 0 Å². The highest BCUT2D eigenvalue weighted by Crippen LogP contribution is 2.47. The Kier molecular flexibility index (Phi) is 5.33. The fraction of sp³-hybridized carbons (Fsp3) is 0.727. The van der Waals surface area contributed by atoms with Gasteiger partial charge in [-0.2, -0.15) is 0 Å². The van der Waals surface area contributed by atoms with Crippen LogP contribution in [-0.4, -0.2) is 41.2 Å². The molecular formula is C22H34N2S. The quantitative estimate of drug-likeness (QED) is 0.729. The number of benzene rings is 1. The van der Waals surface area contributed by atoms with Crippen LogP contribution in [-0.2, 0) is 0 Å². The van der Waals surface area contributed by atoms with Crippen molar-refractivity contribution in [3.8, 4) is 0 Å². The molecule has 2 aliphatic heterocycles. The van der Waals surface area contributed by atoms with Gasteiger partial charge in [0.15, 0.2) is 0 Å². The number of rotatable bonds is 3. The van der Waals surface area contributed by atoms with Crippen LogP contribution >= 0.6 is 11.8 Å². The Labute approximate surface area is 158 Å². The van der Waals surface area contributed by atoms with Crippen LogP contribution in [0.4, 0.5) is 5.69 Å². The first kappa shape index (κ1) is 17.7. The van der Waals surface area contributed by atoms with E-state index < -0.39 is 0 Å². The minimum Gasteiger partial charge on any atom is -0.356 e. The van der Waals surface area contributed by atoms with Crippen LogP contribution in [0.25, 0.3) is 0 Å². The van der Waals surface area contributed by atoms with Gasteiger partial charge in [-0.25, -0.2) is 0 Å². The fourth-order valence-corrected chi connectivity index (χ4v) is 6.84. The second-order valence-corrected chi connectivity index (χ2v) is 10.1. The van der Waals surface area contributed by atoms with E-state index >= 15 is 0 Å². The summed E-state index contributed by atoms with van der Waals surface area (Å²) in [4.78, 5) is 5.92. The summed E-state index contributed by atoms with van der Waals surface area (Å²) < 4.78 is 0. The van der Waals surface area contributed by atoms with E-state index in [9.17, 15) is 0 Å². The Morgan fingerprint density at radius 2 is 1.64 bits per heavy atom. The molecule has 2 nitrogen and oxygen atoms in total. The molecule has 1 aliphatic carbocycles. The zero-order valence-electron chi connectivity index (χ0n) is 16.0. The Bertz CT molecular complexity index is 542. The number of thioether (sulfide) groups is 1. The second kappa shape index (κ2) is 7.52. The third-order valence-corrected chi connectivity index (χ3v) is 8.58. The van der Waals surface area contributed by atoms with E-state index in [1.807, 2.05) is 0 Å². The molecule has 1 aromatic carbocycles. The van der Waals surface area contributed by atoms with Crippen molar-refractivity contribution < 1.29 is 0 Å². The maximum atomic E-state index is 2.84. The summed E-state index contributed by atoms with van der Waals surface area (Å²) >= 11 is 2.22. The van der Waals surface area contributed by atoms with Crippen LogP contribution in [0.3, 0.4) is 0 Å². The van der Waals surface area contributed by atoms with Crippen molar-refractivity contribution >= 4 is 17.4 Å². The highest BCUT2D eigenvalue weighted by Gasteiger charge is 2.45. The molecule has 138 valence electrons. The predicted octanol–water partition coefficient (Wildman–Crippen LogP) is 5.25. The molecule has 0 atom stereocenters. The number of hydrogen-bond acceptors (Lipinski definition) is 3. The predicted molar refractivity (Wildman–Crippen MR) is 110 cm³/mol. The molecule has 0 unspecified atom stereocenters. The van der Waals surface area contributed by atoms with Crippen LogP contribution in [0.5, 0.6) is 0 Å². The molecule has 2 saturated heterocycles. The number of hydrogen-bond donors (Lipinski definition) is 0. The van der Waals surface area contributed by atoms with E-state index in [0.29, 0.717) is 4.87 Å². The Morgan fingerprint density at radius 3 is 2.28 bits per heavy atom. The largest absolute Gasteiger partial charge is 0.356 e. The van der Waals surface area contributed by atoms with Crippen molar-refractivity contribution in [1.82, 2.24) is 4.90 Å². The van der Waals surface area contributed by atoms with Crippen molar-refractivity contribution in [2.24, 2.45) is 11.8 Å². The molecular weight excluding hydrogens is 324 g/mol. The molecule has 1 saturated carbocycles. The van der Waals surface area contributed by atoms with Gasteiger partial charge in [0.1, 0.15) is 0 Å². The second-order valence-electron chi connectivity index (χ2n) is 8.63. The van der Waals surface area contributed by atoms with Crippen LogP contribution in [0, 0.1) is 11.8 Å². The molecule has 0 radical (unpaired) electrons. The average molecular weight is 359 g/mol. The van der Waals surface area contributed by atoms with Crippen LogP contribution in [0.2, 0.25) is 0 Å². The minimum absolute atomic E-state index is 0.368. The molecule has 3 heteroatoms. The number of anilines is 1. The lowest BCUT2D eigenvalue weighted by molar-refractivity contribution is 0.0938. The van der Waals surface area contributed by atoms with Gasteiger partial charge in [0.05, 0.1) is 4.87 Å². The maximum Gasteiger partial charge on any atom is 0.0885 e. The highest BCUT2D eigenvalue weighted by atomic mass is 32.2. The number of likely N-dealkylation sites (tertiary alicyclic amines) is 1. The third-order valence-electron chi connectivity index (χ3n) is 7.03. The lowest BCUT2D eigenvalue weighted by Crippen LogP contribution is -2.53. The van der Waals surface area contributed by atoms with Gasteiger partial charge in [-0.05, 0) is 62.5 Å². The first-order valence-electron chi connectivity index (χ1n) is 10.4. The van der Waals surface area contributed by atoms with E-state index in [-0.39, 0.29) is 0 Å². The van der Waals surface area contributed by atoms with Gasteiger partial charge in [0.25, 0.3) is 0 Å². The smallest absolute Gasteiger partial charge is 0.0885 e. The first-order valence-corrected chi connectivity index (χ1v) is 11.4. The van der Waals surface area contributed by atoms with Crippen LogP contribution in [0.1, 0.15) is 52.4 Å². The van der Waals surface area contributed by atoms with E-state index in [4.69, 9.17) is 0 Å². The molecule has 0 aromatic heterocycles. The molecule has 1 aromatic rings. The normalized spacial score (nSPS) is 30.3. The molecule has 0 amide bonds. The molecule has 3 fully saturated rings. The Hall–Kier alpha value is -0.670. The van der Waals surface area contributed by atoms with Gasteiger partial charge in [-0.3, -0.25) is 0 Å². The van der Waals surface area contributed by atoms with E-state index in [1.165, 1.54) is 69.6 Å². The van der Waals surface area contributed by atoms with Gasteiger partial charge in [0, 0.05) is 37.1 Å². The number of para-hydroxylation sites is 1. The van der Waals surface area contributed by atoms with E-state index in [1.54, 1.807) is 0 Å². The summed E-state index contributed by atoms with van der Waals surface area (Å²) in [5, 5.41) is 0. The number of nitrogens with zero attached hydrogens (tertiary/aromatic N) is 2. The van der Waals surface area contributed by atoms with E-state index in [0.717, 1.165) is 17.9 Å². The summed E-state index contributed by atoms with van der Waals surface area (Å²) in [6, 6.07) is 12.0. The number of piperidine rings is 1. The minimum atomic E-state index is 0.368. The zero-order valence-corrected chi connectivity index (χ0v) is 16.8. The molecule has 3 aliphatic rings. The van der Waals surface area contributed by atoms with Crippen molar-refractivity contribution in [3.05, 3.63) is 30.3 Å². The Balaban J connectivity index is 1.36. The molecule has 1 spiro atoms. The van der Waals surface area contributed by atoms with Gasteiger partial charge >= 0.3 is 0 Å². The van der Waals surface area contributed by atoms with E-state index in [2.05, 4.69) is 65.7 Å². The summed E-state index contributed by atoms with van der Waals surface area (Å²) in [6.45, 7) is 8.63. The van der Waals surface area contributed by atoms with Gasteiger partial charge in [-0.1, -0.05) is 32.0 Å². The summed E-state index contributed by atoms with van der Waals surface area (Å²) in [5.74, 6) is 3.14. The zero-order chi connectivity index (χ0) is 17.3. The SMILES string of the molecule is CC(C)C1CCC(N2CCC3(CC2)SCCN3c2ccccc2)CC1. The first-order chi connectivity index (χ1) is 12.2. The summed E-state index contributed by atoms with van der Waals surface area (Å²) in [6.07, 6.45) is 8.44. The Morgan fingerprint density at radius 1 is 0.960 bits per heavy atom. The lowest BCUT2D eigenvalue weighted by Gasteiger charge is -2.48. The van der Waals surface area contributed by atoms with Crippen molar-refractivity contribution in [2.45, 2.75) is 63.3 Å².